The average Bonchev–Trinajstić information content (AvgIpc) is 2.71. The number of nitrogens with one attached hydrogen (secondary N) is 1. The first kappa shape index (κ1) is 20.4. The minimum absolute atomic E-state index is 0.0490. The Morgan fingerprint density at radius 2 is 1.89 bits per heavy atom. The first-order valence-electron chi connectivity index (χ1n) is 9.59. The van der Waals surface area contributed by atoms with E-state index in [1.807, 2.05) is 44.2 Å². The van der Waals surface area contributed by atoms with Crippen LogP contribution in [0.4, 0.5) is 5.69 Å². The molecule has 2 heterocycles. The van der Waals surface area contributed by atoms with E-state index >= 15 is 0 Å². The summed E-state index contributed by atoms with van der Waals surface area (Å²) in [4.78, 5) is 28.9. The van der Waals surface area contributed by atoms with E-state index in [1.165, 1.54) is 4.68 Å². The van der Waals surface area contributed by atoms with Crippen molar-refractivity contribution in [3.05, 3.63) is 51.9 Å². The lowest BCUT2D eigenvalue weighted by atomic mass is 10.2. The van der Waals surface area contributed by atoms with Crippen molar-refractivity contribution < 1.29 is 4.79 Å². The summed E-state index contributed by atoms with van der Waals surface area (Å²) >= 11 is 6.38. The lowest BCUT2D eigenvalue weighted by molar-refractivity contribution is -0.122. The van der Waals surface area contributed by atoms with Gasteiger partial charge in [-0.15, -0.1) is 0 Å². The molecule has 2 aromatic rings. The van der Waals surface area contributed by atoms with Crippen LogP contribution in [-0.2, 0) is 4.79 Å². The number of para-hydroxylation sites is 1. The highest BCUT2D eigenvalue weighted by molar-refractivity contribution is 6.33. The number of piperazine rings is 1. The Balaban J connectivity index is 1.64. The van der Waals surface area contributed by atoms with Crippen LogP contribution in [-0.4, -0.2) is 59.4 Å². The van der Waals surface area contributed by atoms with Gasteiger partial charge in [0.05, 0.1) is 24.1 Å². The SMILES string of the molecule is CC[C@H](C)NC(=O)CN1CCN(c2cnn(-c3ccccc3)c(=O)c2Cl)CC1. The van der Waals surface area contributed by atoms with Crippen molar-refractivity contribution in [3.8, 4) is 5.69 Å². The fourth-order valence-electron chi connectivity index (χ4n) is 3.17. The second kappa shape index (κ2) is 9.21. The Morgan fingerprint density at radius 3 is 2.54 bits per heavy atom. The number of hydrogen-bond donors (Lipinski definition) is 1. The van der Waals surface area contributed by atoms with Gasteiger partial charge in [-0.3, -0.25) is 14.5 Å². The molecule has 1 fully saturated rings. The van der Waals surface area contributed by atoms with Crippen LogP contribution in [0.5, 0.6) is 0 Å². The molecule has 0 spiro atoms. The smallest absolute Gasteiger partial charge is 0.292 e. The average molecular weight is 404 g/mol. The highest BCUT2D eigenvalue weighted by Gasteiger charge is 2.23. The van der Waals surface area contributed by atoms with Crippen molar-refractivity contribution in [2.24, 2.45) is 0 Å². The molecular formula is C20H26ClN5O2. The van der Waals surface area contributed by atoms with E-state index in [4.69, 9.17) is 11.6 Å². The summed E-state index contributed by atoms with van der Waals surface area (Å²) in [6, 6.07) is 9.40. The number of rotatable bonds is 6. The highest BCUT2D eigenvalue weighted by Crippen LogP contribution is 2.23. The van der Waals surface area contributed by atoms with Gasteiger partial charge in [0, 0.05) is 32.2 Å². The van der Waals surface area contributed by atoms with E-state index in [2.05, 4.69) is 20.2 Å². The maximum atomic E-state index is 12.7. The second-order valence-electron chi connectivity index (χ2n) is 7.04. The predicted octanol–water partition coefficient (Wildman–Crippen LogP) is 1.92. The van der Waals surface area contributed by atoms with Crippen LogP contribution < -0.4 is 15.8 Å². The Labute approximate surface area is 169 Å². The molecule has 150 valence electrons. The third-order valence-electron chi connectivity index (χ3n) is 5.00. The van der Waals surface area contributed by atoms with Crippen LogP contribution in [0.1, 0.15) is 20.3 Å². The van der Waals surface area contributed by atoms with Crippen LogP contribution in [0.25, 0.3) is 5.69 Å². The van der Waals surface area contributed by atoms with Crippen molar-refractivity contribution >= 4 is 23.2 Å². The molecule has 28 heavy (non-hydrogen) atoms. The van der Waals surface area contributed by atoms with Gasteiger partial charge in [0.15, 0.2) is 0 Å². The van der Waals surface area contributed by atoms with E-state index in [9.17, 15) is 9.59 Å². The molecule has 0 unspecified atom stereocenters. The minimum Gasteiger partial charge on any atom is -0.366 e. The molecule has 0 radical (unpaired) electrons. The van der Waals surface area contributed by atoms with Crippen LogP contribution in [0.3, 0.4) is 0 Å². The fourth-order valence-corrected chi connectivity index (χ4v) is 3.42. The number of halogens is 1. The number of benzene rings is 1. The van der Waals surface area contributed by atoms with Gasteiger partial charge in [0.1, 0.15) is 5.02 Å². The number of hydrogen-bond acceptors (Lipinski definition) is 5. The normalized spacial score (nSPS) is 16.0. The Bertz CT molecular complexity index is 863. The van der Waals surface area contributed by atoms with Crippen molar-refractivity contribution in [1.29, 1.82) is 0 Å². The molecular weight excluding hydrogens is 378 g/mol. The maximum Gasteiger partial charge on any atom is 0.292 e. The summed E-state index contributed by atoms with van der Waals surface area (Å²) in [5.41, 5.74) is 0.987. The first-order valence-corrected chi connectivity index (χ1v) is 9.97. The number of nitrogens with zero attached hydrogens (tertiary/aromatic N) is 4. The summed E-state index contributed by atoms with van der Waals surface area (Å²) in [5, 5.41) is 7.45. The van der Waals surface area contributed by atoms with Crippen molar-refractivity contribution in [1.82, 2.24) is 20.0 Å². The van der Waals surface area contributed by atoms with E-state index in [1.54, 1.807) is 6.20 Å². The molecule has 3 rings (SSSR count). The van der Waals surface area contributed by atoms with Crippen molar-refractivity contribution in [2.75, 3.05) is 37.6 Å². The van der Waals surface area contributed by atoms with Gasteiger partial charge < -0.3 is 10.2 Å². The Morgan fingerprint density at radius 1 is 1.21 bits per heavy atom. The largest absolute Gasteiger partial charge is 0.366 e. The molecule has 1 amide bonds. The second-order valence-corrected chi connectivity index (χ2v) is 7.41. The molecule has 1 aliphatic rings. The van der Waals surface area contributed by atoms with E-state index in [0.717, 1.165) is 19.5 Å². The number of carbonyl (C=O) groups is 1. The van der Waals surface area contributed by atoms with Gasteiger partial charge in [-0.05, 0) is 25.5 Å². The molecule has 1 aromatic carbocycles. The number of aromatic nitrogens is 2. The first-order chi connectivity index (χ1) is 13.5. The summed E-state index contributed by atoms with van der Waals surface area (Å²) in [6.07, 6.45) is 2.56. The summed E-state index contributed by atoms with van der Waals surface area (Å²) in [6.45, 7) is 7.27. The van der Waals surface area contributed by atoms with E-state index in [0.29, 0.717) is 31.0 Å². The molecule has 1 aromatic heterocycles. The fraction of sp³-hybridized carbons (Fsp3) is 0.450. The van der Waals surface area contributed by atoms with Gasteiger partial charge >= 0.3 is 0 Å². The topological polar surface area (TPSA) is 70.5 Å². The van der Waals surface area contributed by atoms with Gasteiger partial charge in [0.2, 0.25) is 5.91 Å². The Kier molecular flexibility index (Phi) is 6.70. The third kappa shape index (κ3) is 4.72. The zero-order valence-corrected chi connectivity index (χ0v) is 17.0. The lowest BCUT2D eigenvalue weighted by Crippen LogP contribution is -2.50. The monoisotopic (exact) mass is 403 g/mol. The molecule has 1 aliphatic heterocycles. The summed E-state index contributed by atoms with van der Waals surface area (Å²) < 4.78 is 1.31. The van der Waals surface area contributed by atoms with Crippen molar-refractivity contribution in [2.45, 2.75) is 26.3 Å². The van der Waals surface area contributed by atoms with Gasteiger partial charge in [-0.25, -0.2) is 0 Å². The predicted molar refractivity (Wildman–Crippen MR) is 111 cm³/mol. The van der Waals surface area contributed by atoms with E-state index < -0.39 is 0 Å². The summed E-state index contributed by atoms with van der Waals surface area (Å²) in [7, 11) is 0. The third-order valence-corrected chi connectivity index (χ3v) is 5.36. The Hall–Kier alpha value is -2.38. The van der Waals surface area contributed by atoms with Gasteiger partial charge in [0.25, 0.3) is 5.56 Å². The van der Waals surface area contributed by atoms with Crippen LogP contribution in [0.15, 0.2) is 41.3 Å². The van der Waals surface area contributed by atoms with Gasteiger partial charge in [-0.2, -0.15) is 9.78 Å². The minimum atomic E-state index is -0.333. The maximum absolute atomic E-state index is 12.7. The van der Waals surface area contributed by atoms with Crippen molar-refractivity contribution in [3.63, 3.8) is 0 Å². The zero-order chi connectivity index (χ0) is 20.1. The molecule has 8 heteroatoms. The van der Waals surface area contributed by atoms with E-state index in [-0.39, 0.29) is 22.5 Å². The molecule has 0 aliphatic carbocycles. The summed E-state index contributed by atoms with van der Waals surface area (Å²) in [5.74, 6) is 0.0490. The standard InChI is InChI=1S/C20H26ClN5O2/c1-3-15(2)23-18(27)14-24-9-11-25(12-10-24)17-13-22-26(20(28)19(17)21)16-7-5-4-6-8-16/h4-8,13,15H,3,9-12,14H2,1-2H3,(H,23,27)/t15-/m0/s1. The molecule has 1 atom stereocenters. The molecule has 0 bridgehead atoms. The number of carbonyl (C=O) groups excluding carboxylic acids is 1. The van der Waals surface area contributed by atoms with Gasteiger partial charge in [-0.1, -0.05) is 36.7 Å². The zero-order valence-electron chi connectivity index (χ0n) is 16.3. The lowest BCUT2D eigenvalue weighted by Gasteiger charge is -2.35. The highest BCUT2D eigenvalue weighted by atomic mass is 35.5. The quantitative estimate of drug-likeness (QED) is 0.798. The van der Waals surface area contributed by atoms with Crippen LogP contribution in [0.2, 0.25) is 5.02 Å². The molecule has 1 saturated heterocycles. The number of amides is 1. The molecule has 1 N–H and O–H groups in total. The molecule has 0 saturated carbocycles. The van der Waals surface area contributed by atoms with Crippen LogP contribution in [0, 0.1) is 0 Å². The van der Waals surface area contributed by atoms with Crippen LogP contribution >= 0.6 is 11.6 Å². The molecule has 7 nitrogen and oxygen atoms in total. The number of anilines is 1.